The number of halogens is 2. The van der Waals surface area contributed by atoms with E-state index in [0.29, 0.717) is 12.8 Å². The zero-order valence-electron chi connectivity index (χ0n) is 14.2. The first-order valence-corrected chi connectivity index (χ1v) is 11.2. The smallest absolute Gasteiger partial charge is 0.210 e. The molecule has 0 bridgehead atoms. The van der Waals surface area contributed by atoms with Gasteiger partial charge in [-0.25, -0.2) is 30.3 Å². The molecule has 27 heavy (non-hydrogen) atoms. The molecular weight excluding hydrogens is 398 g/mol. The van der Waals surface area contributed by atoms with Gasteiger partial charge in [0.15, 0.2) is 0 Å². The van der Waals surface area contributed by atoms with E-state index < -0.39 is 41.5 Å². The summed E-state index contributed by atoms with van der Waals surface area (Å²) in [7, 11) is -8.24. The average molecular weight is 416 g/mol. The summed E-state index contributed by atoms with van der Waals surface area (Å²) in [6.07, 6.45) is 1.24. The monoisotopic (exact) mass is 416 g/mol. The number of nitrogens with zero attached hydrogens (tertiary/aromatic N) is 1. The van der Waals surface area contributed by atoms with E-state index in [4.69, 9.17) is 0 Å². The Labute approximate surface area is 156 Å². The Kier molecular flexibility index (Phi) is 5.61. The van der Waals surface area contributed by atoms with Gasteiger partial charge in [-0.05, 0) is 37.1 Å². The van der Waals surface area contributed by atoms with Crippen molar-refractivity contribution in [1.82, 2.24) is 9.03 Å². The number of sulfonamides is 2. The molecule has 0 aromatic heterocycles. The van der Waals surface area contributed by atoms with E-state index in [1.54, 1.807) is 0 Å². The van der Waals surface area contributed by atoms with Gasteiger partial charge in [-0.2, -0.15) is 4.31 Å². The van der Waals surface area contributed by atoms with Gasteiger partial charge in [0.2, 0.25) is 20.0 Å². The predicted molar refractivity (Wildman–Crippen MR) is 94.9 cm³/mol. The third-order valence-corrected chi connectivity index (χ3v) is 7.61. The van der Waals surface area contributed by atoms with Crippen molar-refractivity contribution < 1.29 is 25.6 Å². The molecule has 1 aliphatic rings. The predicted octanol–water partition coefficient (Wildman–Crippen LogP) is 2.10. The van der Waals surface area contributed by atoms with Crippen molar-refractivity contribution in [1.29, 1.82) is 0 Å². The standard InChI is InChI=1S/C17H18F2N2O4S2/c18-14-5-1-3-7-16(14)26(22,23)20-11-12-21(13-9-10-13)27(24,25)17-8-4-2-6-15(17)19/h1-8,13,20H,9-12H2. The van der Waals surface area contributed by atoms with Gasteiger partial charge in [0, 0.05) is 19.1 Å². The molecule has 0 unspecified atom stereocenters. The van der Waals surface area contributed by atoms with Crippen LogP contribution in [0.1, 0.15) is 12.8 Å². The van der Waals surface area contributed by atoms with E-state index in [2.05, 4.69) is 4.72 Å². The lowest BCUT2D eigenvalue weighted by Crippen LogP contribution is -2.40. The van der Waals surface area contributed by atoms with Gasteiger partial charge in [-0.15, -0.1) is 0 Å². The van der Waals surface area contributed by atoms with Crippen molar-refractivity contribution in [2.75, 3.05) is 13.1 Å². The van der Waals surface area contributed by atoms with Gasteiger partial charge < -0.3 is 0 Å². The highest BCUT2D eigenvalue weighted by atomic mass is 32.2. The summed E-state index contributed by atoms with van der Waals surface area (Å²) < 4.78 is 80.9. The fraction of sp³-hybridized carbons (Fsp3) is 0.294. The molecule has 146 valence electrons. The van der Waals surface area contributed by atoms with Crippen LogP contribution in [0.15, 0.2) is 58.3 Å². The zero-order valence-corrected chi connectivity index (χ0v) is 15.8. The highest BCUT2D eigenvalue weighted by molar-refractivity contribution is 7.89. The summed E-state index contributed by atoms with van der Waals surface area (Å²) in [6.45, 7) is -0.449. The Morgan fingerprint density at radius 2 is 1.41 bits per heavy atom. The molecule has 0 saturated heterocycles. The second-order valence-corrected chi connectivity index (χ2v) is 9.70. The molecule has 6 nitrogen and oxygen atoms in total. The van der Waals surface area contributed by atoms with Crippen molar-refractivity contribution in [3.8, 4) is 0 Å². The van der Waals surface area contributed by atoms with Crippen LogP contribution in [-0.2, 0) is 20.0 Å². The normalized spacial score (nSPS) is 15.2. The molecule has 1 aliphatic carbocycles. The first-order valence-electron chi connectivity index (χ1n) is 8.24. The second-order valence-electron chi connectivity index (χ2n) is 6.11. The summed E-state index contributed by atoms with van der Waals surface area (Å²) in [6, 6.07) is 9.62. The lowest BCUT2D eigenvalue weighted by Gasteiger charge is -2.22. The molecule has 10 heteroatoms. The second kappa shape index (κ2) is 7.63. The summed E-state index contributed by atoms with van der Waals surface area (Å²) in [5.74, 6) is -1.77. The quantitative estimate of drug-likeness (QED) is 0.714. The number of hydrogen-bond acceptors (Lipinski definition) is 4. The third-order valence-electron chi connectivity index (χ3n) is 4.13. The van der Waals surface area contributed by atoms with Crippen molar-refractivity contribution in [2.24, 2.45) is 0 Å². The lowest BCUT2D eigenvalue weighted by atomic mass is 10.4. The highest BCUT2D eigenvalue weighted by Crippen LogP contribution is 2.32. The summed E-state index contributed by atoms with van der Waals surface area (Å²) in [5.41, 5.74) is 0. The molecule has 0 radical (unpaired) electrons. The molecule has 0 heterocycles. The SMILES string of the molecule is O=S(=O)(NCCN(C1CC1)S(=O)(=O)c1ccccc1F)c1ccccc1F. The average Bonchev–Trinajstić information content (AvgIpc) is 3.43. The summed E-state index contributed by atoms with van der Waals surface area (Å²) >= 11 is 0. The van der Waals surface area contributed by atoms with E-state index in [0.717, 1.165) is 22.5 Å². The van der Waals surface area contributed by atoms with Crippen LogP contribution in [0.3, 0.4) is 0 Å². The molecular formula is C17H18F2N2O4S2. The number of rotatable bonds is 8. The Hall–Kier alpha value is -1.88. The van der Waals surface area contributed by atoms with Crippen molar-refractivity contribution >= 4 is 20.0 Å². The van der Waals surface area contributed by atoms with E-state index in [1.807, 2.05) is 0 Å². The van der Waals surface area contributed by atoms with Crippen molar-refractivity contribution in [2.45, 2.75) is 28.7 Å². The maximum Gasteiger partial charge on any atom is 0.246 e. The van der Waals surface area contributed by atoms with Crippen LogP contribution in [0.5, 0.6) is 0 Å². The zero-order chi connectivity index (χ0) is 19.7. The molecule has 0 spiro atoms. The Morgan fingerprint density at radius 3 is 1.93 bits per heavy atom. The van der Waals surface area contributed by atoms with Crippen LogP contribution in [0.25, 0.3) is 0 Å². The first-order chi connectivity index (χ1) is 12.7. The number of nitrogens with one attached hydrogen (secondary N) is 1. The van der Waals surface area contributed by atoms with E-state index in [9.17, 15) is 25.6 Å². The molecule has 0 atom stereocenters. The topological polar surface area (TPSA) is 83.6 Å². The van der Waals surface area contributed by atoms with Crippen molar-refractivity contribution in [3.05, 3.63) is 60.2 Å². The van der Waals surface area contributed by atoms with Crippen LogP contribution in [-0.4, -0.2) is 40.3 Å². The number of hydrogen-bond donors (Lipinski definition) is 1. The molecule has 1 N–H and O–H groups in total. The fourth-order valence-electron chi connectivity index (χ4n) is 2.67. The first kappa shape index (κ1) is 19.9. The minimum Gasteiger partial charge on any atom is -0.210 e. The minimum absolute atomic E-state index is 0.185. The molecule has 0 amide bonds. The molecule has 1 saturated carbocycles. The maximum absolute atomic E-state index is 13.9. The van der Waals surface area contributed by atoms with Crippen molar-refractivity contribution in [3.63, 3.8) is 0 Å². The van der Waals surface area contributed by atoms with Crippen LogP contribution in [0.4, 0.5) is 8.78 Å². The largest absolute Gasteiger partial charge is 0.246 e. The maximum atomic E-state index is 13.9. The lowest BCUT2D eigenvalue weighted by molar-refractivity contribution is 0.402. The number of benzene rings is 2. The van der Waals surface area contributed by atoms with E-state index in [1.165, 1.54) is 30.3 Å². The Bertz CT molecular complexity index is 1040. The molecule has 3 rings (SSSR count). The molecule has 0 aliphatic heterocycles. The molecule has 2 aromatic carbocycles. The van der Waals surface area contributed by atoms with Gasteiger partial charge in [-0.1, -0.05) is 24.3 Å². The van der Waals surface area contributed by atoms with Gasteiger partial charge in [0.1, 0.15) is 21.4 Å². The van der Waals surface area contributed by atoms with E-state index >= 15 is 0 Å². The Morgan fingerprint density at radius 1 is 0.889 bits per heavy atom. The Balaban J connectivity index is 1.75. The van der Waals surface area contributed by atoms with Gasteiger partial charge >= 0.3 is 0 Å². The summed E-state index contributed by atoms with van der Waals surface area (Å²) in [5, 5.41) is 0. The third kappa shape index (κ3) is 4.34. The van der Waals surface area contributed by atoms with Gasteiger partial charge in [-0.3, -0.25) is 0 Å². The van der Waals surface area contributed by atoms with Gasteiger partial charge in [0.25, 0.3) is 0 Å². The van der Waals surface area contributed by atoms with Crippen LogP contribution in [0, 0.1) is 11.6 Å². The molecule has 1 fully saturated rings. The van der Waals surface area contributed by atoms with Gasteiger partial charge in [0.05, 0.1) is 0 Å². The molecule has 2 aromatic rings. The van der Waals surface area contributed by atoms with Crippen LogP contribution < -0.4 is 4.72 Å². The fourth-order valence-corrected chi connectivity index (χ4v) is 5.52. The van der Waals surface area contributed by atoms with Crippen LogP contribution >= 0.6 is 0 Å². The summed E-state index contributed by atoms with van der Waals surface area (Å²) in [4.78, 5) is -0.964. The minimum atomic E-state index is -4.13. The van der Waals surface area contributed by atoms with Crippen LogP contribution in [0.2, 0.25) is 0 Å². The van der Waals surface area contributed by atoms with E-state index in [-0.39, 0.29) is 19.1 Å². The highest BCUT2D eigenvalue weighted by Gasteiger charge is 2.39.